The van der Waals surface area contributed by atoms with E-state index in [9.17, 15) is 4.79 Å². The van der Waals surface area contributed by atoms with Gasteiger partial charge in [-0.25, -0.2) is 4.79 Å². The minimum absolute atomic E-state index is 0.0375. The standard InChI is InChI=1S/C9H14O4/c1-2-12-13-8(10)7-3-9(4-7)5-11-6-9/h7H,2-6H2,1H3. The van der Waals surface area contributed by atoms with Crippen LogP contribution in [0.3, 0.4) is 0 Å². The van der Waals surface area contributed by atoms with E-state index < -0.39 is 0 Å². The fourth-order valence-electron chi connectivity index (χ4n) is 1.96. The second-order valence-electron chi connectivity index (χ2n) is 3.91. The van der Waals surface area contributed by atoms with Crippen LogP contribution in [0.15, 0.2) is 0 Å². The van der Waals surface area contributed by atoms with Crippen molar-refractivity contribution < 1.29 is 19.3 Å². The summed E-state index contributed by atoms with van der Waals surface area (Å²) in [6.45, 7) is 3.82. The fourth-order valence-corrected chi connectivity index (χ4v) is 1.96. The summed E-state index contributed by atoms with van der Waals surface area (Å²) in [5.74, 6) is -0.185. The Kier molecular flexibility index (Phi) is 2.26. The van der Waals surface area contributed by atoms with Crippen molar-refractivity contribution >= 4 is 5.97 Å². The van der Waals surface area contributed by atoms with Crippen molar-refractivity contribution in [2.75, 3.05) is 19.8 Å². The van der Waals surface area contributed by atoms with Crippen LogP contribution in [0.25, 0.3) is 0 Å². The van der Waals surface area contributed by atoms with Crippen LogP contribution in [-0.4, -0.2) is 25.8 Å². The van der Waals surface area contributed by atoms with Gasteiger partial charge in [-0.1, -0.05) is 0 Å². The van der Waals surface area contributed by atoms with Gasteiger partial charge in [-0.3, -0.25) is 4.89 Å². The number of ether oxygens (including phenoxy) is 1. The molecule has 74 valence electrons. The smallest absolute Gasteiger partial charge is 0.345 e. The van der Waals surface area contributed by atoms with Gasteiger partial charge in [0.05, 0.1) is 25.7 Å². The Balaban J connectivity index is 1.70. The first-order valence-electron chi connectivity index (χ1n) is 4.67. The molecule has 13 heavy (non-hydrogen) atoms. The van der Waals surface area contributed by atoms with E-state index >= 15 is 0 Å². The minimum atomic E-state index is -0.223. The van der Waals surface area contributed by atoms with E-state index in [2.05, 4.69) is 9.78 Å². The van der Waals surface area contributed by atoms with Crippen molar-refractivity contribution in [3.05, 3.63) is 0 Å². The minimum Gasteiger partial charge on any atom is -0.380 e. The summed E-state index contributed by atoms with van der Waals surface area (Å²) in [6, 6.07) is 0. The van der Waals surface area contributed by atoms with E-state index in [0.717, 1.165) is 26.1 Å². The van der Waals surface area contributed by atoms with Crippen LogP contribution in [-0.2, 0) is 19.3 Å². The molecular weight excluding hydrogens is 172 g/mol. The van der Waals surface area contributed by atoms with Crippen molar-refractivity contribution in [3.63, 3.8) is 0 Å². The fraction of sp³-hybridized carbons (Fsp3) is 0.889. The Hall–Kier alpha value is -0.610. The first kappa shape index (κ1) is 8.97. The SMILES string of the molecule is CCOOC(=O)C1CC2(COC2)C1. The Morgan fingerprint density at radius 3 is 2.69 bits per heavy atom. The van der Waals surface area contributed by atoms with Gasteiger partial charge < -0.3 is 4.74 Å². The molecule has 4 nitrogen and oxygen atoms in total. The van der Waals surface area contributed by atoms with Gasteiger partial charge in [0.2, 0.25) is 0 Å². The molecule has 2 fully saturated rings. The zero-order chi connectivity index (χ0) is 9.31. The molecule has 0 radical (unpaired) electrons. The average Bonchev–Trinajstić information content (AvgIpc) is 1.95. The van der Waals surface area contributed by atoms with Crippen molar-refractivity contribution in [3.8, 4) is 0 Å². The number of rotatable bonds is 3. The maximum atomic E-state index is 11.2. The molecule has 0 aromatic rings. The third kappa shape index (κ3) is 1.56. The summed E-state index contributed by atoms with van der Waals surface area (Å²) in [5, 5.41) is 0. The van der Waals surface area contributed by atoms with E-state index in [0.29, 0.717) is 12.0 Å². The number of carbonyl (C=O) groups excluding carboxylic acids is 1. The van der Waals surface area contributed by atoms with Gasteiger partial charge in [-0.2, -0.15) is 4.89 Å². The van der Waals surface area contributed by atoms with E-state index in [1.807, 2.05) is 0 Å². The molecule has 0 aromatic carbocycles. The highest BCUT2D eigenvalue weighted by atomic mass is 17.2. The van der Waals surface area contributed by atoms with Gasteiger partial charge in [-0.15, -0.1) is 0 Å². The summed E-state index contributed by atoms with van der Waals surface area (Å²) < 4.78 is 5.11. The lowest BCUT2D eigenvalue weighted by Crippen LogP contribution is -2.54. The summed E-state index contributed by atoms with van der Waals surface area (Å²) in [5.41, 5.74) is 0.315. The van der Waals surface area contributed by atoms with Gasteiger partial charge in [0, 0.05) is 5.41 Å². The van der Waals surface area contributed by atoms with Crippen LogP contribution in [0.4, 0.5) is 0 Å². The quantitative estimate of drug-likeness (QED) is 0.485. The van der Waals surface area contributed by atoms with E-state index in [-0.39, 0.29) is 11.9 Å². The zero-order valence-electron chi connectivity index (χ0n) is 7.75. The molecule has 1 aliphatic carbocycles. The van der Waals surface area contributed by atoms with Gasteiger partial charge in [0.15, 0.2) is 0 Å². The van der Waals surface area contributed by atoms with Crippen LogP contribution in [0.2, 0.25) is 0 Å². The monoisotopic (exact) mass is 186 g/mol. The van der Waals surface area contributed by atoms with Crippen molar-refractivity contribution in [2.24, 2.45) is 11.3 Å². The number of hydrogen-bond donors (Lipinski definition) is 0. The highest BCUT2D eigenvalue weighted by molar-refractivity contribution is 5.73. The van der Waals surface area contributed by atoms with Gasteiger partial charge in [0.25, 0.3) is 0 Å². The molecule has 1 saturated carbocycles. The second-order valence-corrected chi connectivity index (χ2v) is 3.91. The lowest BCUT2D eigenvalue weighted by atomic mass is 9.61. The Morgan fingerprint density at radius 1 is 1.54 bits per heavy atom. The maximum absolute atomic E-state index is 11.2. The van der Waals surface area contributed by atoms with E-state index in [4.69, 9.17) is 4.74 Å². The second kappa shape index (κ2) is 3.27. The molecule has 0 bridgehead atoms. The van der Waals surface area contributed by atoms with E-state index in [1.54, 1.807) is 6.92 Å². The lowest BCUT2D eigenvalue weighted by Gasteiger charge is -2.51. The third-order valence-corrected chi connectivity index (χ3v) is 2.77. The molecule has 0 atom stereocenters. The topological polar surface area (TPSA) is 44.8 Å². The molecule has 1 heterocycles. The average molecular weight is 186 g/mol. The van der Waals surface area contributed by atoms with Gasteiger partial charge in [-0.05, 0) is 19.8 Å². The summed E-state index contributed by atoms with van der Waals surface area (Å²) in [4.78, 5) is 20.4. The predicted octanol–water partition coefficient (Wildman–Crippen LogP) is 0.908. The van der Waals surface area contributed by atoms with Gasteiger partial charge >= 0.3 is 5.97 Å². The predicted molar refractivity (Wildman–Crippen MR) is 43.7 cm³/mol. The Labute approximate surface area is 77.1 Å². The van der Waals surface area contributed by atoms with Crippen molar-refractivity contribution in [1.29, 1.82) is 0 Å². The molecule has 4 heteroatoms. The van der Waals surface area contributed by atoms with Crippen molar-refractivity contribution in [2.45, 2.75) is 19.8 Å². The van der Waals surface area contributed by atoms with Gasteiger partial charge in [0.1, 0.15) is 0 Å². The highest BCUT2D eigenvalue weighted by Crippen LogP contribution is 2.50. The van der Waals surface area contributed by atoms with E-state index in [1.165, 1.54) is 0 Å². The molecule has 1 aliphatic heterocycles. The molecule has 0 unspecified atom stereocenters. The van der Waals surface area contributed by atoms with Crippen LogP contribution >= 0.6 is 0 Å². The zero-order valence-corrected chi connectivity index (χ0v) is 7.75. The molecular formula is C9H14O4. The Bertz CT molecular complexity index is 202. The summed E-state index contributed by atoms with van der Waals surface area (Å²) in [7, 11) is 0. The lowest BCUT2D eigenvalue weighted by molar-refractivity contribution is -0.283. The Morgan fingerprint density at radius 2 is 2.23 bits per heavy atom. The van der Waals surface area contributed by atoms with Crippen LogP contribution in [0.1, 0.15) is 19.8 Å². The molecule has 0 aromatic heterocycles. The van der Waals surface area contributed by atoms with Crippen LogP contribution < -0.4 is 0 Å². The molecule has 2 aliphatic rings. The number of carbonyl (C=O) groups is 1. The normalized spacial score (nSPS) is 25.0. The van der Waals surface area contributed by atoms with Crippen LogP contribution in [0.5, 0.6) is 0 Å². The molecule has 1 spiro atoms. The molecule has 0 N–H and O–H groups in total. The molecule has 0 amide bonds. The summed E-state index contributed by atoms with van der Waals surface area (Å²) in [6.07, 6.45) is 1.80. The largest absolute Gasteiger partial charge is 0.380 e. The van der Waals surface area contributed by atoms with Crippen molar-refractivity contribution in [1.82, 2.24) is 0 Å². The summed E-state index contributed by atoms with van der Waals surface area (Å²) >= 11 is 0. The molecule has 2 rings (SSSR count). The highest BCUT2D eigenvalue weighted by Gasteiger charge is 2.53. The third-order valence-electron chi connectivity index (χ3n) is 2.77. The first-order chi connectivity index (χ1) is 6.26. The molecule has 1 saturated heterocycles. The first-order valence-corrected chi connectivity index (χ1v) is 4.67. The number of hydrogen-bond acceptors (Lipinski definition) is 4. The van der Waals surface area contributed by atoms with Crippen LogP contribution in [0, 0.1) is 11.3 Å². The maximum Gasteiger partial charge on any atom is 0.345 e.